The maximum absolute atomic E-state index is 5.22. The van der Waals surface area contributed by atoms with Crippen LogP contribution in [0.3, 0.4) is 0 Å². The summed E-state index contributed by atoms with van der Waals surface area (Å²) in [5.74, 6) is 0. The third kappa shape index (κ3) is 2.21. The molecule has 1 heterocycles. The van der Waals surface area contributed by atoms with Crippen LogP contribution in [0.1, 0.15) is 5.69 Å². The summed E-state index contributed by atoms with van der Waals surface area (Å²) < 4.78 is 6.28. The van der Waals surface area contributed by atoms with Gasteiger partial charge in [-0.25, -0.2) is 4.98 Å². The van der Waals surface area contributed by atoms with Crippen molar-refractivity contribution in [2.45, 2.75) is 6.92 Å². The van der Waals surface area contributed by atoms with E-state index in [1.165, 1.54) is 0 Å². The number of nitrogens with zero attached hydrogens (tertiary/aromatic N) is 1. The van der Waals surface area contributed by atoms with Crippen LogP contribution in [0, 0.1) is 6.92 Å². The number of thiazole rings is 1. The molecule has 0 aliphatic carbocycles. The third-order valence-corrected chi connectivity index (χ3v) is 3.67. The quantitative estimate of drug-likeness (QED) is 0.834. The molecule has 0 saturated carbocycles. The second-order valence-electron chi connectivity index (χ2n) is 3.11. The van der Waals surface area contributed by atoms with Crippen LogP contribution in [0.15, 0.2) is 28.7 Å². The molecule has 0 bridgehead atoms. The highest BCUT2D eigenvalue weighted by molar-refractivity contribution is 9.10. The molecule has 1 aromatic heterocycles. The molecule has 2 aromatic rings. The molecule has 0 fully saturated rings. The zero-order chi connectivity index (χ0) is 10.8. The predicted octanol–water partition coefficient (Wildman–Crippen LogP) is 3.89. The maximum Gasteiger partial charge on any atom is 0.197 e. The molecule has 2 rings (SSSR count). The molecule has 0 spiro atoms. The molecule has 0 N–H and O–H groups in total. The average molecular weight is 284 g/mol. The van der Waals surface area contributed by atoms with E-state index in [0.29, 0.717) is 0 Å². The molecule has 15 heavy (non-hydrogen) atoms. The normalized spacial score (nSPS) is 10.3. The number of hydrogen-bond donors (Lipinski definition) is 0. The minimum atomic E-state index is 0.880. The van der Waals surface area contributed by atoms with E-state index in [0.717, 1.165) is 25.8 Å². The van der Waals surface area contributed by atoms with Gasteiger partial charge in [0, 0.05) is 10.0 Å². The van der Waals surface area contributed by atoms with Gasteiger partial charge in [0.05, 0.1) is 12.8 Å². The molecule has 0 aliphatic heterocycles. The number of halogens is 1. The molecule has 0 saturated heterocycles. The molecule has 0 radical (unpaired) electrons. The third-order valence-electron chi connectivity index (χ3n) is 2.01. The van der Waals surface area contributed by atoms with E-state index in [9.17, 15) is 0 Å². The largest absolute Gasteiger partial charge is 0.486 e. The summed E-state index contributed by atoms with van der Waals surface area (Å²) in [6.45, 7) is 1.96. The van der Waals surface area contributed by atoms with E-state index >= 15 is 0 Å². The van der Waals surface area contributed by atoms with Gasteiger partial charge >= 0.3 is 0 Å². The summed E-state index contributed by atoms with van der Waals surface area (Å²) in [5, 5.41) is 1.87. The van der Waals surface area contributed by atoms with Crippen LogP contribution >= 0.6 is 27.3 Å². The smallest absolute Gasteiger partial charge is 0.197 e. The van der Waals surface area contributed by atoms with Crippen molar-refractivity contribution in [1.82, 2.24) is 4.98 Å². The number of rotatable bonds is 2. The highest BCUT2D eigenvalue weighted by atomic mass is 79.9. The first-order valence-electron chi connectivity index (χ1n) is 4.48. The first kappa shape index (κ1) is 10.6. The van der Waals surface area contributed by atoms with E-state index in [-0.39, 0.29) is 0 Å². The zero-order valence-electron chi connectivity index (χ0n) is 8.45. The van der Waals surface area contributed by atoms with Gasteiger partial charge < -0.3 is 4.74 Å². The van der Waals surface area contributed by atoms with Crippen molar-refractivity contribution in [2.75, 3.05) is 7.11 Å². The molecular formula is C11H10BrNOS. The van der Waals surface area contributed by atoms with Crippen molar-refractivity contribution in [2.24, 2.45) is 0 Å². The Morgan fingerprint density at radius 2 is 2.20 bits per heavy atom. The highest BCUT2D eigenvalue weighted by Crippen LogP contribution is 2.33. The van der Waals surface area contributed by atoms with Gasteiger partial charge in [-0.3, -0.25) is 0 Å². The molecule has 78 valence electrons. The number of aryl methyl sites for hydroxylation is 1. The molecule has 1 aromatic carbocycles. The topological polar surface area (TPSA) is 22.1 Å². The predicted molar refractivity (Wildman–Crippen MR) is 66.5 cm³/mol. The summed E-state index contributed by atoms with van der Waals surface area (Å²) in [7, 11) is 1.67. The molecular weight excluding hydrogens is 274 g/mol. The lowest BCUT2D eigenvalue weighted by Crippen LogP contribution is -1.80. The summed E-state index contributed by atoms with van der Waals surface area (Å²) in [4.78, 5) is 4.47. The van der Waals surface area contributed by atoms with Crippen LogP contribution in [-0.2, 0) is 0 Å². The number of methoxy groups -OCH3 is 1. The molecule has 0 atom stereocenters. The Kier molecular flexibility index (Phi) is 3.07. The van der Waals surface area contributed by atoms with Gasteiger partial charge in [-0.15, -0.1) is 0 Å². The van der Waals surface area contributed by atoms with Crippen molar-refractivity contribution in [3.8, 4) is 15.6 Å². The Morgan fingerprint density at radius 1 is 1.40 bits per heavy atom. The molecule has 4 heteroatoms. The van der Waals surface area contributed by atoms with E-state index < -0.39 is 0 Å². The summed E-state index contributed by atoms with van der Waals surface area (Å²) >= 11 is 5.01. The SMILES string of the molecule is COc1sc(-c2cccc(Br)c2)nc1C. The van der Waals surface area contributed by atoms with Crippen LogP contribution in [0.4, 0.5) is 0 Å². The Hall–Kier alpha value is -0.870. The first-order valence-corrected chi connectivity index (χ1v) is 6.09. The van der Waals surface area contributed by atoms with Crippen LogP contribution in [0.2, 0.25) is 0 Å². The Labute approximate surface area is 101 Å². The van der Waals surface area contributed by atoms with Gasteiger partial charge in [0.15, 0.2) is 5.06 Å². The van der Waals surface area contributed by atoms with E-state index in [2.05, 4.69) is 27.0 Å². The zero-order valence-corrected chi connectivity index (χ0v) is 10.9. The van der Waals surface area contributed by atoms with Gasteiger partial charge in [-0.05, 0) is 19.1 Å². The standard InChI is InChI=1S/C11H10BrNOS/c1-7-11(14-2)15-10(13-7)8-4-3-5-9(12)6-8/h3-6H,1-2H3. The molecule has 0 amide bonds. The lowest BCUT2D eigenvalue weighted by molar-refractivity contribution is 0.423. The monoisotopic (exact) mass is 283 g/mol. The van der Waals surface area contributed by atoms with E-state index in [1.54, 1.807) is 18.4 Å². The van der Waals surface area contributed by atoms with Crippen molar-refractivity contribution in [3.63, 3.8) is 0 Å². The minimum absolute atomic E-state index is 0.880. The number of benzene rings is 1. The van der Waals surface area contributed by atoms with E-state index in [1.807, 2.05) is 25.1 Å². The first-order chi connectivity index (χ1) is 7.20. The summed E-state index contributed by atoms with van der Waals surface area (Å²) in [5.41, 5.74) is 2.05. The summed E-state index contributed by atoms with van der Waals surface area (Å²) in [6.07, 6.45) is 0. The van der Waals surface area contributed by atoms with E-state index in [4.69, 9.17) is 4.74 Å². The Bertz CT molecular complexity index is 481. The lowest BCUT2D eigenvalue weighted by Gasteiger charge is -1.95. The minimum Gasteiger partial charge on any atom is -0.486 e. The maximum atomic E-state index is 5.22. The van der Waals surface area contributed by atoms with Crippen LogP contribution in [-0.4, -0.2) is 12.1 Å². The highest BCUT2D eigenvalue weighted by Gasteiger charge is 2.09. The molecule has 2 nitrogen and oxygen atoms in total. The van der Waals surface area contributed by atoms with Gasteiger partial charge in [0.1, 0.15) is 5.01 Å². The Morgan fingerprint density at radius 3 is 2.80 bits per heavy atom. The second kappa shape index (κ2) is 4.33. The fourth-order valence-electron chi connectivity index (χ4n) is 1.32. The molecule has 0 unspecified atom stereocenters. The van der Waals surface area contributed by atoms with Crippen molar-refractivity contribution in [1.29, 1.82) is 0 Å². The van der Waals surface area contributed by atoms with Gasteiger partial charge in [-0.1, -0.05) is 39.4 Å². The van der Waals surface area contributed by atoms with Gasteiger partial charge in [0.2, 0.25) is 0 Å². The Balaban J connectivity index is 2.45. The van der Waals surface area contributed by atoms with Crippen LogP contribution in [0.25, 0.3) is 10.6 Å². The number of aromatic nitrogens is 1. The van der Waals surface area contributed by atoms with Crippen molar-refractivity contribution >= 4 is 27.3 Å². The van der Waals surface area contributed by atoms with Gasteiger partial charge in [-0.2, -0.15) is 0 Å². The average Bonchev–Trinajstić information content (AvgIpc) is 2.60. The second-order valence-corrected chi connectivity index (χ2v) is 4.98. The molecule has 0 aliphatic rings. The fraction of sp³-hybridized carbons (Fsp3) is 0.182. The van der Waals surface area contributed by atoms with Crippen molar-refractivity contribution < 1.29 is 4.74 Å². The number of hydrogen-bond acceptors (Lipinski definition) is 3. The number of ether oxygens (including phenoxy) is 1. The fourth-order valence-corrected chi connectivity index (χ4v) is 2.60. The summed E-state index contributed by atoms with van der Waals surface area (Å²) in [6, 6.07) is 8.10. The van der Waals surface area contributed by atoms with Crippen LogP contribution < -0.4 is 4.74 Å². The van der Waals surface area contributed by atoms with Crippen molar-refractivity contribution in [3.05, 3.63) is 34.4 Å². The lowest BCUT2D eigenvalue weighted by atomic mass is 10.2. The van der Waals surface area contributed by atoms with Crippen LogP contribution in [0.5, 0.6) is 5.06 Å². The van der Waals surface area contributed by atoms with Gasteiger partial charge in [0.25, 0.3) is 0 Å².